The lowest BCUT2D eigenvalue weighted by Gasteiger charge is -2.36. The Morgan fingerprint density at radius 3 is 2.37 bits per heavy atom. The van der Waals surface area contributed by atoms with Gasteiger partial charge in [0.15, 0.2) is 0 Å². The van der Waals surface area contributed by atoms with Crippen LogP contribution in [0.5, 0.6) is 5.75 Å². The minimum atomic E-state index is -0.460. The number of para-hydroxylation sites is 1. The molecule has 2 amide bonds. The van der Waals surface area contributed by atoms with E-state index in [1.165, 1.54) is 13.2 Å². The molecule has 8 nitrogen and oxygen atoms in total. The van der Waals surface area contributed by atoms with Crippen LogP contribution in [0.4, 0.5) is 14.9 Å². The maximum Gasteiger partial charge on any atom is 0.337 e. The third-order valence-electron chi connectivity index (χ3n) is 6.49. The highest BCUT2D eigenvalue weighted by Gasteiger charge is 2.25. The number of rotatable bonds is 9. The minimum Gasteiger partial charge on any atom is -0.497 e. The van der Waals surface area contributed by atoms with E-state index in [9.17, 15) is 14.0 Å². The molecule has 1 heterocycles. The van der Waals surface area contributed by atoms with Crippen molar-refractivity contribution in [3.63, 3.8) is 0 Å². The minimum absolute atomic E-state index is 0.172. The van der Waals surface area contributed by atoms with Gasteiger partial charge in [0.2, 0.25) is 0 Å². The average Bonchev–Trinajstić information content (AvgIpc) is 2.96. The number of urea groups is 1. The predicted molar refractivity (Wildman–Crippen MR) is 142 cm³/mol. The Hall–Kier alpha value is -3.95. The predicted octanol–water partition coefficient (Wildman–Crippen LogP) is 4.73. The largest absolute Gasteiger partial charge is 0.497 e. The molecule has 1 aliphatic rings. The van der Waals surface area contributed by atoms with Gasteiger partial charge in [-0.2, -0.15) is 0 Å². The molecule has 1 atom stereocenters. The number of carbonyl (C=O) groups is 2. The van der Waals surface area contributed by atoms with E-state index >= 15 is 0 Å². The zero-order chi connectivity index (χ0) is 26.9. The third kappa shape index (κ3) is 7.08. The summed E-state index contributed by atoms with van der Waals surface area (Å²) in [4.78, 5) is 28.3. The molecular weight excluding hydrogens is 489 g/mol. The molecule has 4 rings (SSSR count). The van der Waals surface area contributed by atoms with Crippen LogP contribution in [0.15, 0.2) is 72.8 Å². The molecule has 0 saturated carbocycles. The molecule has 1 N–H and O–H groups in total. The number of nitrogens with one attached hydrogen (secondary N) is 1. The number of halogens is 1. The summed E-state index contributed by atoms with van der Waals surface area (Å²) in [7, 11) is 2.98. The van der Waals surface area contributed by atoms with Crippen molar-refractivity contribution in [3.8, 4) is 5.75 Å². The standard InChI is InChI=1S/C29H32FN3O5/c1-36-24-7-5-6-23(18-24)27(38-20-21-10-12-22(13-11-21)28(34)37-2)19-32-14-16-33(17-15-32)29(35)31-26-9-4-3-8-25(26)30/h3-13,18,27H,14-17,19-20H2,1-2H3,(H,31,35). The summed E-state index contributed by atoms with van der Waals surface area (Å²) in [6.07, 6.45) is -0.246. The molecule has 0 radical (unpaired) electrons. The number of anilines is 1. The zero-order valence-corrected chi connectivity index (χ0v) is 21.6. The number of hydrogen-bond acceptors (Lipinski definition) is 6. The van der Waals surface area contributed by atoms with Gasteiger partial charge in [-0.15, -0.1) is 0 Å². The van der Waals surface area contributed by atoms with Crippen LogP contribution < -0.4 is 10.1 Å². The highest BCUT2D eigenvalue weighted by molar-refractivity contribution is 5.89. The van der Waals surface area contributed by atoms with Gasteiger partial charge in [0.25, 0.3) is 0 Å². The third-order valence-corrected chi connectivity index (χ3v) is 6.49. The van der Waals surface area contributed by atoms with E-state index in [4.69, 9.17) is 14.2 Å². The Morgan fingerprint density at radius 2 is 1.68 bits per heavy atom. The molecule has 3 aromatic rings. The molecule has 0 spiro atoms. The number of benzene rings is 3. The summed E-state index contributed by atoms with van der Waals surface area (Å²) < 4.78 is 30.5. The van der Waals surface area contributed by atoms with E-state index in [1.54, 1.807) is 42.3 Å². The lowest BCUT2D eigenvalue weighted by Crippen LogP contribution is -2.50. The van der Waals surface area contributed by atoms with Gasteiger partial charge in [-0.05, 0) is 47.5 Å². The smallest absolute Gasteiger partial charge is 0.337 e. The van der Waals surface area contributed by atoms with Crippen molar-refractivity contribution in [3.05, 3.63) is 95.3 Å². The van der Waals surface area contributed by atoms with E-state index in [0.717, 1.165) is 16.9 Å². The summed E-state index contributed by atoms with van der Waals surface area (Å²) in [5, 5.41) is 2.65. The highest BCUT2D eigenvalue weighted by atomic mass is 19.1. The first kappa shape index (κ1) is 27.1. The normalized spacial score (nSPS) is 14.6. The number of piperazine rings is 1. The van der Waals surface area contributed by atoms with Gasteiger partial charge in [0, 0.05) is 32.7 Å². The molecule has 0 aliphatic carbocycles. The quantitative estimate of drug-likeness (QED) is 0.410. The van der Waals surface area contributed by atoms with Crippen LogP contribution in [0.2, 0.25) is 0 Å². The van der Waals surface area contributed by atoms with E-state index in [2.05, 4.69) is 10.2 Å². The summed E-state index contributed by atoms with van der Waals surface area (Å²) in [5.41, 5.74) is 2.57. The number of carbonyl (C=O) groups excluding carboxylic acids is 2. The Kier molecular flexibility index (Phi) is 9.29. The van der Waals surface area contributed by atoms with Crippen LogP contribution in [0.25, 0.3) is 0 Å². The number of amides is 2. The lowest BCUT2D eigenvalue weighted by atomic mass is 10.1. The molecule has 1 fully saturated rings. The summed E-state index contributed by atoms with van der Waals surface area (Å²) in [5.74, 6) is -0.0979. The van der Waals surface area contributed by atoms with Crippen molar-refractivity contribution < 1.29 is 28.2 Å². The topological polar surface area (TPSA) is 80.3 Å². The maximum atomic E-state index is 13.9. The molecule has 38 heavy (non-hydrogen) atoms. The van der Waals surface area contributed by atoms with Gasteiger partial charge in [0.1, 0.15) is 11.6 Å². The first-order valence-corrected chi connectivity index (χ1v) is 12.4. The van der Waals surface area contributed by atoms with E-state index < -0.39 is 5.82 Å². The van der Waals surface area contributed by atoms with Crippen LogP contribution >= 0.6 is 0 Å². The molecule has 3 aromatic carbocycles. The number of hydrogen-bond donors (Lipinski definition) is 1. The fraction of sp³-hybridized carbons (Fsp3) is 0.310. The lowest BCUT2D eigenvalue weighted by molar-refractivity contribution is 0.00582. The monoisotopic (exact) mass is 521 g/mol. The summed E-state index contributed by atoms with van der Waals surface area (Å²) >= 11 is 0. The van der Waals surface area contributed by atoms with Gasteiger partial charge in [0.05, 0.1) is 38.2 Å². The van der Waals surface area contributed by atoms with E-state index in [1.807, 2.05) is 36.4 Å². The molecule has 200 valence electrons. The summed E-state index contributed by atoms with van der Waals surface area (Å²) in [6, 6.07) is 20.7. The van der Waals surface area contributed by atoms with Crippen molar-refractivity contribution in [2.24, 2.45) is 0 Å². The number of methoxy groups -OCH3 is 2. The highest BCUT2D eigenvalue weighted by Crippen LogP contribution is 2.25. The fourth-order valence-corrected chi connectivity index (χ4v) is 4.27. The Labute approximate surface area is 221 Å². The number of ether oxygens (including phenoxy) is 3. The van der Waals surface area contributed by atoms with E-state index in [-0.39, 0.29) is 23.8 Å². The molecule has 1 aliphatic heterocycles. The maximum absolute atomic E-state index is 13.9. The van der Waals surface area contributed by atoms with Crippen LogP contribution in [-0.4, -0.2) is 68.7 Å². The molecule has 0 aromatic heterocycles. The Bertz CT molecular complexity index is 1230. The first-order chi connectivity index (χ1) is 18.5. The summed E-state index contributed by atoms with van der Waals surface area (Å²) in [6.45, 7) is 3.31. The Balaban J connectivity index is 1.38. The second kappa shape index (κ2) is 13.0. The fourth-order valence-electron chi connectivity index (χ4n) is 4.27. The first-order valence-electron chi connectivity index (χ1n) is 12.4. The van der Waals surface area contributed by atoms with Crippen molar-refractivity contribution >= 4 is 17.7 Å². The molecule has 1 saturated heterocycles. The molecule has 1 unspecified atom stereocenters. The molecular formula is C29H32FN3O5. The van der Waals surface area contributed by atoms with Gasteiger partial charge in [-0.3, -0.25) is 4.90 Å². The zero-order valence-electron chi connectivity index (χ0n) is 21.6. The van der Waals surface area contributed by atoms with Crippen LogP contribution in [0, 0.1) is 5.82 Å². The van der Waals surface area contributed by atoms with E-state index in [0.29, 0.717) is 44.9 Å². The van der Waals surface area contributed by atoms with Gasteiger partial charge >= 0.3 is 12.0 Å². The molecule has 0 bridgehead atoms. The SMILES string of the molecule is COC(=O)c1ccc(COC(CN2CCN(C(=O)Nc3ccccc3F)CC2)c2cccc(OC)c2)cc1. The van der Waals surface area contributed by atoms with Crippen LogP contribution in [0.3, 0.4) is 0 Å². The molecule has 9 heteroatoms. The van der Waals surface area contributed by atoms with Crippen molar-refractivity contribution in [2.75, 3.05) is 52.3 Å². The second-order valence-electron chi connectivity index (χ2n) is 8.96. The van der Waals surface area contributed by atoms with Crippen molar-refractivity contribution in [1.82, 2.24) is 9.80 Å². The van der Waals surface area contributed by atoms with Gasteiger partial charge in [-0.25, -0.2) is 14.0 Å². The second-order valence-corrected chi connectivity index (χ2v) is 8.96. The van der Waals surface area contributed by atoms with Crippen molar-refractivity contribution in [1.29, 1.82) is 0 Å². The number of nitrogens with zero attached hydrogens (tertiary/aromatic N) is 2. The van der Waals surface area contributed by atoms with Gasteiger partial charge < -0.3 is 24.4 Å². The van der Waals surface area contributed by atoms with Crippen molar-refractivity contribution in [2.45, 2.75) is 12.7 Å². The van der Waals surface area contributed by atoms with Crippen LogP contribution in [-0.2, 0) is 16.1 Å². The van der Waals surface area contributed by atoms with Gasteiger partial charge in [-0.1, -0.05) is 36.4 Å². The van der Waals surface area contributed by atoms with Crippen LogP contribution in [0.1, 0.15) is 27.6 Å². The number of esters is 1. The average molecular weight is 522 g/mol. The Morgan fingerprint density at radius 1 is 0.947 bits per heavy atom.